The molecule has 0 saturated carbocycles. The molecule has 0 saturated heterocycles. The summed E-state index contributed by atoms with van der Waals surface area (Å²) < 4.78 is 41.1. The second-order valence-electron chi connectivity index (χ2n) is 5.40. The van der Waals surface area contributed by atoms with Crippen LogP contribution >= 0.6 is 0 Å². The van der Waals surface area contributed by atoms with Gasteiger partial charge in [0.05, 0.1) is 12.2 Å². The fourth-order valence-corrected chi connectivity index (χ4v) is 2.06. The van der Waals surface area contributed by atoms with Crippen molar-refractivity contribution in [2.24, 2.45) is 10.7 Å². The van der Waals surface area contributed by atoms with E-state index < -0.39 is 12.1 Å². The molecule has 1 amide bonds. The van der Waals surface area contributed by atoms with Crippen LogP contribution in [0.3, 0.4) is 0 Å². The minimum Gasteiger partial charge on any atom is -0.404 e. The van der Waals surface area contributed by atoms with Crippen molar-refractivity contribution in [3.05, 3.63) is 48.2 Å². The molecule has 2 aromatic rings. The molecule has 0 atom stereocenters. The third kappa shape index (κ3) is 7.22. The summed E-state index contributed by atoms with van der Waals surface area (Å²) in [6.07, 6.45) is -4.80. The van der Waals surface area contributed by atoms with E-state index in [0.717, 1.165) is 11.8 Å². The number of nitrogens with two attached hydrogens (primary N) is 1. The smallest absolute Gasteiger partial charge is 0.404 e. The van der Waals surface area contributed by atoms with Crippen LogP contribution in [-0.4, -0.2) is 29.8 Å². The highest BCUT2D eigenvalue weighted by atomic mass is 19.4. The molecule has 4 N–H and O–H groups in total. The predicted molar refractivity (Wildman–Crippen MR) is 95.5 cm³/mol. The number of anilines is 2. The Bertz CT molecular complexity index is 824. The largest absolute Gasteiger partial charge is 0.573 e. The lowest BCUT2D eigenvalue weighted by Gasteiger charge is -2.14. The fraction of sp³-hybridized carbons (Fsp3) is 0.235. The molecular weight excluding hydrogens is 363 g/mol. The van der Waals surface area contributed by atoms with Gasteiger partial charge in [0.15, 0.2) is 11.7 Å². The van der Waals surface area contributed by atoms with Crippen molar-refractivity contribution in [2.75, 3.05) is 17.2 Å². The second kappa shape index (κ2) is 8.88. The summed E-state index contributed by atoms with van der Waals surface area (Å²) in [5.74, 6) is -0.472. The number of alkyl halides is 3. The van der Waals surface area contributed by atoms with Gasteiger partial charge in [-0.1, -0.05) is 18.2 Å². The summed E-state index contributed by atoms with van der Waals surface area (Å²) >= 11 is 0. The van der Waals surface area contributed by atoms with Gasteiger partial charge in [0.2, 0.25) is 5.91 Å². The third-order valence-corrected chi connectivity index (χ3v) is 3.15. The first-order chi connectivity index (χ1) is 12.7. The molecule has 2 rings (SSSR count). The quantitative estimate of drug-likeness (QED) is 0.527. The number of benzene rings is 1. The van der Waals surface area contributed by atoms with E-state index in [2.05, 4.69) is 25.3 Å². The molecule has 0 aliphatic rings. The number of rotatable bonds is 6. The Morgan fingerprint density at radius 3 is 2.63 bits per heavy atom. The third-order valence-electron chi connectivity index (χ3n) is 3.15. The average Bonchev–Trinajstić information content (AvgIpc) is 2.55. The van der Waals surface area contributed by atoms with Gasteiger partial charge in [-0.3, -0.25) is 9.79 Å². The number of aliphatic imine (C=N–C) groups is 1. The lowest BCUT2D eigenvalue weighted by Crippen LogP contribution is -2.25. The maximum atomic E-state index is 12.4. The molecule has 7 nitrogen and oxygen atoms in total. The van der Waals surface area contributed by atoms with Crippen molar-refractivity contribution in [1.82, 2.24) is 4.98 Å². The summed E-state index contributed by atoms with van der Waals surface area (Å²) in [6, 6.07) is 10.6. The normalized spacial score (nSPS) is 11.8. The van der Waals surface area contributed by atoms with E-state index in [4.69, 9.17) is 5.73 Å². The molecule has 0 aliphatic heterocycles. The molecule has 27 heavy (non-hydrogen) atoms. The van der Waals surface area contributed by atoms with Crippen LogP contribution in [0, 0.1) is 6.92 Å². The first-order valence-electron chi connectivity index (χ1n) is 7.88. The molecule has 0 aliphatic carbocycles. The number of carbonyl (C=O) groups is 1. The van der Waals surface area contributed by atoms with Crippen LogP contribution in [0.2, 0.25) is 0 Å². The van der Waals surface area contributed by atoms with Crippen LogP contribution in [0.1, 0.15) is 12.1 Å². The van der Waals surface area contributed by atoms with Crippen molar-refractivity contribution in [2.45, 2.75) is 19.7 Å². The number of hydrogen-bond acceptors (Lipinski definition) is 4. The standard InChI is InChI=1S/C17H18F3N5O2/c1-11-5-4-8-14(23-11)25-15(26)9-10-22-16(21)24-12-6-2-3-7-13(12)27-17(18,19)20/h2-8H,9-10H2,1H3,(H3,21,22,24)(H,23,25,26). The van der Waals surface area contributed by atoms with Crippen LogP contribution in [0.15, 0.2) is 47.5 Å². The SMILES string of the molecule is Cc1cccc(NC(=O)CCN=C(N)Nc2ccccc2OC(F)(F)F)n1. The Labute approximate surface area is 153 Å². The first-order valence-corrected chi connectivity index (χ1v) is 7.88. The number of ether oxygens (including phenoxy) is 1. The highest BCUT2D eigenvalue weighted by Crippen LogP contribution is 2.29. The second-order valence-corrected chi connectivity index (χ2v) is 5.40. The predicted octanol–water partition coefficient (Wildman–Crippen LogP) is 3.04. The summed E-state index contributed by atoms with van der Waals surface area (Å²) in [5, 5.41) is 5.14. The maximum Gasteiger partial charge on any atom is 0.573 e. The number of guanidine groups is 1. The summed E-state index contributed by atoms with van der Waals surface area (Å²) in [7, 11) is 0. The molecule has 0 unspecified atom stereocenters. The van der Waals surface area contributed by atoms with Crippen molar-refractivity contribution in [3.63, 3.8) is 0 Å². The molecule has 1 aromatic carbocycles. The number of para-hydroxylation sites is 2. The van der Waals surface area contributed by atoms with E-state index in [-0.39, 0.29) is 30.5 Å². The lowest BCUT2D eigenvalue weighted by molar-refractivity contribution is -0.274. The highest BCUT2D eigenvalue weighted by molar-refractivity contribution is 5.94. The van der Waals surface area contributed by atoms with Gasteiger partial charge in [0.25, 0.3) is 0 Å². The Morgan fingerprint density at radius 2 is 1.93 bits per heavy atom. The first kappa shape index (κ1) is 20.0. The molecule has 1 heterocycles. The van der Waals surface area contributed by atoms with Crippen molar-refractivity contribution in [1.29, 1.82) is 0 Å². The van der Waals surface area contributed by atoms with Crippen LogP contribution in [0.25, 0.3) is 0 Å². The molecule has 1 aromatic heterocycles. The van der Waals surface area contributed by atoms with E-state index in [1.54, 1.807) is 25.1 Å². The molecule has 0 spiro atoms. The topological polar surface area (TPSA) is 102 Å². The Balaban J connectivity index is 1.88. The van der Waals surface area contributed by atoms with Crippen molar-refractivity contribution < 1.29 is 22.7 Å². The molecule has 0 bridgehead atoms. The minimum absolute atomic E-state index is 0.00415. The zero-order chi connectivity index (χ0) is 19.9. The average molecular weight is 381 g/mol. The number of pyridine rings is 1. The number of amides is 1. The number of aromatic nitrogens is 1. The van der Waals surface area contributed by atoms with Gasteiger partial charge in [-0.05, 0) is 31.2 Å². The molecule has 0 radical (unpaired) electrons. The van der Waals surface area contributed by atoms with Crippen molar-refractivity contribution >= 4 is 23.4 Å². The Morgan fingerprint density at radius 1 is 1.19 bits per heavy atom. The number of hydrogen-bond donors (Lipinski definition) is 3. The maximum absolute atomic E-state index is 12.4. The van der Waals surface area contributed by atoms with E-state index in [9.17, 15) is 18.0 Å². The monoisotopic (exact) mass is 381 g/mol. The van der Waals surface area contributed by atoms with Crippen LogP contribution in [0.5, 0.6) is 5.75 Å². The zero-order valence-corrected chi connectivity index (χ0v) is 14.4. The summed E-state index contributed by atoms with van der Waals surface area (Å²) in [5.41, 5.74) is 6.42. The van der Waals surface area contributed by atoms with Gasteiger partial charge in [0.1, 0.15) is 5.82 Å². The molecule has 0 fully saturated rings. The Kier molecular flexibility index (Phi) is 6.58. The Hall–Kier alpha value is -3.30. The molecule has 10 heteroatoms. The minimum atomic E-state index is -4.83. The van der Waals surface area contributed by atoms with E-state index in [1.165, 1.54) is 18.2 Å². The number of nitrogens with one attached hydrogen (secondary N) is 2. The van der Waals surface area contributed by atoms with E-state index >= 15 is 0 Å². The van der Waals surface area contributed by atoms with Gasteiger partial charge in [-0.2, -0.15) is 0 Å². The molecular formula is C17H18F3N5O2. The van der Waals surface area contributed by atoms with E-state index in [0.29, 0.717) is 5.82 Å². The van der Waals surface area contributed by atoms with Gasteiger partial charge < -0.3 is 21.1 Å². The lowest BCUT2D eigenvalue weighted by atomic mass is 10.3. The van der Waals surface area contributed by atoms with Crippen LogP contribution in [0.4, 0.5) is 24.7 Å². The number of carbonyl (C=O) groups excluding carboxylic acids is 1. The zero-order valence-electron chi connectivity index (χ0n) is 14.4. The van der Waals surface area contributed by atoms with Crippen LogP contribution < -0.4 is 21.1 Å². The number of halogens is 3. The van der Waals surface area contributed by atoms with E-state index in [1.807, 2.05) is 0 Å². The number of nitrogens with zero attached hydrogens (tertiary/aromatic N) is 2. The van der Waals surface area contributed by atoms with Gasteiger partial charge in [-0.25, -0.2) is 4.98 Å². The van der Waals surface area contributed by atoms with Crippen molar-refractivity contribution in [3.8, 4) is 5.75 Å². The van der Waals surface area contributed by atoms with Crippen LogP contribution in [-0.2, 0) is 4.79 Å². The van der Waals surface area contributed by atoms with Gasteiger partial charge in [-0.15, -0.1) is 13.2 Å². The van der Waals surface area contributed by atoms with Gasteiger partial charge in [0, 0.05) is 12.1 Å². The number of aryl methyl sites for hydroxylation is 1. The van der Waals surface area contributed by atoms with Gasteiger partial charge >= 0.3 is 6.36 Å². The molecule has 144 valence electrons. The summed E-state index contributed by atoms with van der Waals surface area (Å²) in [6.45, 7) is 1.84. The fourth-order valence-electron chi connectivity index (χ4n) is 2.06. The summed E-state index contributed by atoms with van der Waals surface area (Å²) in [4.78, 5) is 19.9. The highest BCUT2D eigenvalue weighted by Gasteiger charge is 2.32.